The summed E-state index contributed by atoms with van der Waals surface area (Å²) in [6.07, 6.45) is -3.85. The summed E-state index contributed by atoms with van der Waals surface area (Å²) in [7, 11) is 1.52. The third kappa shape index (κ3) is 6.85. The summed E-state index contributed by atoms with van der Waals surface area (Å²) in [5, 5.41) is 5.76. The topological polar surface area (TPSA) is 45.6 Å². The molecule has 0 fully saturated rings. The molecule has 0 aliphatic heterocycles. The van der Waals surface area contributed by atoms with Crippen molar-refractivity contribution in [2.75, 3.05) is 26.8 Å². The third-order valence-corrected chi connectivity index (χ3v) is 3.01. The average Bonchev–Trinajstić information content (AvgIpc) is 2.50. The van der Waals surface area contributed by atoms with E-state index in [1.54, 1.807) is 0 Å². The molecule has 0 saturated carbocycles. The van der Waals surface area contributed by atoms with E-state index in [0.29, 0.717) is 31.8 Å². The number of benzene rings is 1. The Morgan fingerprint density at radius 3 is 2.61 bits per heavy atom. The van der Waals surface area contributed by atoms with Crippen LogP contribution in [-0.2, 0) is 17.5 Å². The molecule has 0 bridgehead atoms. The first-order chi connectivity index (χ1) is 10.9. The second-order valence-electron chi connectivity index (χ2n) is 4.70. The molecule has 2 N–H and O–H groups in total. The van der Waals surface area contributed by atoms with Crippen molar-refractivity contribution in [2.45, 2.75) is 26.1 Å². The van der Waals surface area contributed by atoms with Gasteiger partial charge < -0.3 is 15.4 Å². The number of hydrogen-bond donors (Lipinski definition) is 2. The zero-order valence-electron chi connectivity index (χ0n) is 13.1. The first-order valence-electron chi connectivity index (χ1n) is 7.26. The lowest BCUT2D eigenvalue weighted by Crippen LogP contribution is -2.38. The van der Waals surface area contributed by atoms with Crippen molar-refractivity contribution in [1.29, 1.82) is 0 Å². The summed E-state index contributed by atoms with van der Waals surface area (Å²) in [6.45, 7) is 3.60. The summed E-state index contributed by atoms with van der Waals surface area (Å²) in [5.41, 5.74) is -1.03. The zero-order chi connectivity index (χ0) is 17.3. The molecule has 0 unspecified atom stereocenters. The summed E-state index contributed by atoms with van der Waals surface area (Å²) >= 11 is 0. The maximum absolute atomic E-state index is 13.0. The second-order valence-corrected chi connectivity index (χ2v) is 4.70. The fraction of sp³-hybridized carbons (Fsp3) is 0.533. The van der Waals surface area contributed by atoms with Crippen LogP contribution in [0.4, 0.5) is 17.6 Å². The van der Waals surface area contributed by atoms with E-state index < -0.39 is 17.6 Å². The van der Waals surface area contributed by atoms with Gasteiger partial charge in [0, 0.05) is 33.4 Å². The Balaban J connectivity index is 2.59. The normalized spacial score (nSPS) is 12.3. The largest absolute Gasteiger partial charge is 0.416 e. The lowest BCUT2D eigenvalue weighted by molar-refractivity contribution is -0.138. The maximum atomic E-state index is 13.0. The van der Waals surface area contributed by atoms with Crippen LogP contribution in [0.3, 0.4) is 0 Å². The SMILES string of the molecule is CCOCCCNC(=NC)NCc1ccc(F)cc1C(F)(F)F. The van der Waals surface area contributed by atoms with Gasteiger partial charge in [-0.2, -0.15) is 13.2 Å². The number of ether oxygens (including phenoxy) is 1. The number of nitrogens with one attached hydrogen (secondary N) is 2. The number of halogens is 4. The van der Waals surface area contributed by atoms with Gasteiger partial charge in [-0.05, 0) is 31.0 Å². The molecule has 1 rings (SSSR count). The minimum atomic E-state index is -4.60. The van der Waals surface area contributed by atoms with Crippen LogP contribution in [0, 0.1) is 5.82 Å². The highest BCUT2D eigenvalue weighted by Crippen LogP contribution is 2.32. The Morgan fingerprint density at radius 2 is 2.00 bits per heavy atom. The fourth-order valence-electron chi connectivity index (χ4n) is 1.89. The molecule has 0 aliphatic rings. The first-order valence-corrected chi connectivity index (χ1v) is 7.26. The number of guanidine groups is 1. The summed E-state index contributed by atoms with van der Waals surface area (Å²) in [6, 6.07) is 2.62. The van der Waals surface area contributed by atoms with Gasteiger partial charge in [0.2, 0.25) is 0 Å². The van der Waals surface area contributed by atoms with Crippen molar-refractivity contribution < 1.29 is 22.3 Å². The van der Waals surface area contributed by atoms with Gasteiger partial charge in [-0.3, -0.25) is 4.99 Å². The Morgan fingerprint density at radius 1 is 1.26 bits per heavy atom. The molecule has 4 nitrogen and oxygen atoms in total. The van der Waals surface area contributed by atoms with Gasteiger partial charge in [-0.15, -0.1) is 0 Å². The van der Waals surface area contributed by atoms with Crippen molar-refractivity contribution in [3.8, 4) is 0 Å². The number of nitrogens with zero attached hydrogens (tertiary/aromatic N) is 1. The standard InChI is InChI=1S/C15H21F4N3O/c1-3-23-8-4-7-21-14(20-2)22-10-11-5-6-12(16)9-13(11)15(17,18)19/h5-6,9H,3-4,7-8,10H2,1-2H3,(H2,20,21,22). The van der Waals surface area contributed by atoms with E-state index in [2.05, 4.69) is 15.6 Å². The molecule has 0 spiro atoms. The number of aliphatic imine (C=N–C) groups is 1. The Kier molecular flexibility index (Phi) is 7.80. The van der Waals surface area contributed by atoms with Crippen LogP contribution in [0.1, 0.15) is 24.5 Å². The highest BCUT2D eigenvalue weighted by atomic mass is 19.4. The number of hydrogen-bond acceptors (Lipinski definition) is 2. The Labute approximate surface area is 132 Å². The van der Waals surface area contributed by atoms with Crippen molar-refractivity contribution in [3.05, 3.63) is 35.1 Å². The van der Waals surface area contributed by atoms with E-state index in [-0.39, 0.29) is 12.1 Å². The summed E-state index contributed by atoms with van der Waals surface area (Å²) in [5.74, 6) is -0.543. The molecule has 0 atom stereocenters. The molecule has 0 aromatic heterocycles. The predicted octanol–water partition coefficient (Wildman–Crippen LogP) is 2.94. The van der Waals surface area contributed by atoms with E-state index >= 15 is 0 Å². The molecular formula is C15H21F4N3O. The predicted molar refractivity (Wildman–Crippen MR) is 80.7 cm³/mol. The third-order valence-electron chi connectivity index (χ3n) is 3.01. The van der Waals surface area contributed by atoms with Gasteiger partial charge >= 0.3 is 6.18 Å². The van der Waals surface area contributed by atoms with Gasteiger partial charge in [0.1, 0.15) is 5.82 Å². The van der Waals surface area contributed by atoms with Gasteiger partial charge in [-0.25, -0.2) is 4.39 Å². The molecule has 1 aromatic rings. The summed E-state index contributed by atoms with van der Waals surface area (Å²) in [4.78, 5) is 3.93. The molecule has 23 heavy (non-hydrogen) atoms. The van der Waals surface area contributed by atoms with Crippen LogP contribution in [0.2, 0.25) is 0 Å². The smallest absolute Gasteiger partial charge is 0.382 e. The highest BCUT2D eigenvalue weighted by molar-refractivity contribution is 5.79. The van der Waals surface area contributed by atoms with Crippen molar-refractivity contribution in [1.82, 2.24) is 10.6 Å². The van der Waals surface area contributed by atoms with E-state index in [4.69, 9.17) is 4.74 Å². The van der Waals surface area contributed by atoms with Crippen LogP contribution in [0.25, 0.3) is 0 Å². The number of rotatable bonds is 7. The van der Waals surface area contributed by atoms with Crippen LogP contribution in [0.15, 0.2) is 23.2 Å². The Hall–Kier alpha value is -1.83. The fourth-order valence-corrected chi connectivity index (χ4v) is 1.89. The van der Waals surface area contributed by atoms with Crippen LogP contribution in [0.5, 0.6) is 0 Å². The second kappa shape index (κ2) is 9.34. The monoisotopic (exact) mass is 335 g/mol. The minimum absolute atomic E-state index is 0.0452. The van der Waals surface area contributed by atoms with E-state index in [9.17, 15) is 17.6 Å². The molecule has 0 saturated heterocycles. The van der Waals surface area contributed by atoms with E-state index in [0.717, 1.165) is 18.6 Å². The van der Waals surface area contributed by atoms with E-state index in [1.807, 2.05) is 6.92 Å². The first kappa shape index (κ1) is 19.2. The van der Waals surface area contributed by atoms with E-state index in [1.165, 1.54) is 7.05 Å². The molecular weight excluding hydrogens is 314 g/mol. The summed E-state index contributed by atoms with van der Waals surface area (Å²) < 4.78 is 56.9. The minimum Gasteiger partial charge on any atom is -0.382 e. The van der Waals surface area contributed by atoms with Gasteiger partial charge in [0.25, 0.3) is 0 Å². The van der Waals surface area contributed by atoms with Crippen molar-refractivity contribution >= 4 is 5.96 Å². The molecule has 0 heterocycles. The maximum Gasteiger partial charge on any atom is 0.416 e. The lowest BCUT2D eigenvalue weighted by Gasteiger charge is -2.16. The molecule has 130 valence electrons. The van der Waals surface area contributed by atoms with Crippen LogP contribution in [-0.4, -0.2) is 32.8 Å². The molecule has 1 aromatic carbocycles. The lowest BCUT2D eigenvalue weighted by atomic mass is 10.1. The molecule has 0 radical (unpaired) electrons. The molecule has 0 amide bonds. The molecule has 8 heteroatoms. The molecule has 0 aliphatic carbocycles. The van der Waals surface area contributed by atoms with Gasteiger partial charge in [-0.1, -0.05) is 6.07 Å². The van der Waals surface area contributed by atoms with Crippen LogP contribution < -0.4 is 10.6 Å². The number of alkyl halides is 3. The van der Waals surface area contributed by atoms with Crippen molar-refractivity contribution in [2.24, 2.45) is 4.99 Å². The highest BCUT2D eigenvalue weighted by Gasteiger charge is 2.33. The van der Waals surface area contributed by atoms with Crippen LogP contribution >= 0.6 is 0 Å². The van der Waals surface area contributed by atoms with Gasteiger partial charge in [0.05, 0.1) is 5.56 Å². The van der Waals surface area contributed by atoms with Crippen molar-refractivity contribution in [3.63, 3.8) is 0 Å². The Bertz CT molecular complexity index is 518. The van der Waals surface area contributed by atoms with Gasteiger partial charge in [0.15, 0.2) is 5.96 Å². The quantitative estimate of drug-likeness (QED) is 0.349. The average molecular weight is 335 g/mol. The zero-order valence-corrected chi connectivity index (χ0v) is 13.1.